The van der Waals surface area contributed by atoms with E-state index in [0.717, 1.165) is 11.3 Å². The highest BCUT2D eigenvalue weighted by Crippen LogP contribution is 2.18. The number of anilines is 1. The Labute approximate surface area is 101 Å². The molecule has 0 spiro atoms. The lowest BCUT2D eigenvalue weighted by atomic mass is 10.1. The van der Waals surface area contributed by atoms with Crippen LogP contribution in [0.5, 0.6) is 0 Å². The Kier molecular flexibility index (Phi) is 3.50. The van der Waals surface area contributed by atoms with E-state index in [-0.39, 0.29) is 5.91 Å². The van der Waals surface area contributed by atoms with Gasteiger partial charge in [0.2, 0.25) is 5.91 Å². The normalized spacial score (nSPS) is 9.94. The minimum Gasteiger partial charge on any atom is -0.311 e. The lowest BCUT2D eigenvalue weighted by Crippen LogP contribution is -2.10. The maximum Gasteiger partial charge on any atom is 0.225 e. The molecule has 0 aliphatic rings. The Hall–Kier alpha value is -2.16. The van der Waals surface area contributed by atoms with Crippen molar-refractivity contribution in [2.24, 2.45) is 0 Å². The van der Waals surface area contributed by atoms with Gasteiger partial charge in [-0.3, -0.25) is 4.79 Å². The molecule has 0 radical (unpaired) electrons. The Morgan fingerprint density at radius 3 is 2.59 bits per heavy atom. The topological polar surface area (TPSA) is 42.0 Å². The van der Waals surface area contributed by atoms with E-state index in [9.17, 15) is 4.79 Å². The maximum absolute atomic E-state index is 11.3. The van der Waals surface area contributed by atoms with Crippen molar-refractivity contribution in [2.45, 2.75) is 13.3 Å². The van der Waals surface area contributed by atoms with Crippen molar-refractivity contribution >= 4 is 11.7 Å². The number of rotatable bonds is 3. The Morgan fingerprint density at radius 2 is 1.88 bits per heavy atom. The molecule has 0 unspecified atom stereocenters. The minimum atomic E-state index is -0.0253. The summed E-state index contributed by atoms with van der Waals surface area (Å²) >= 11 is 0. The molecule has 17 heavy (non-hydrogen) atoms. The van der Waals surface area contributed by atoms with Crippen LogP contribution in [0, 0.1) is 0 Å². The molecule has 0 saturated heterocycles. The second-order valence-electron chi connectivity index (χ2n) is 3.68. The van der Waals surface area contributed by atoms with Gasteiger partial charge in [-0.15, -0.1) is 0 Å². The highest BCUT2D eigenvalue weighted by Gasteiger charge is 2.02. The van der Waals surface area contributed by atoms with Crippen LogP contribution in [-0.2, 0) is 4.79 Å². The van der Waals surface area contributed by atoms with Gasteiger partial charge >= 0.3 is 0 Å². The first-order chi connectivity index (χ1) is 8.29. The van der Waals surface area contributed by atoms with Crippen molar-refractivity contribution in [1.29, 1.82) is 0 Å². The largest absolute Gasteiger partial charge is 0.311 e. The average Bonchev–Trinajstić information content (AvgIpc) is 2.40. The van der Waals surface area contributed by atoms with Gasteiger partial charge in [0.25, 0.3) is 0 Å². The van der Waals surface area contributed by atoms with E-state index in [4.69, 9.17) is 0 Å². The molecular weight excluding hydrogens is 212 g/mol. The van der Waals surface area contributed by atoms with Crippen LogP contribution in [0.4, 0.5) is 5.82 Å². The van der Waals surface area contributed by atoms with E-state index in [2.05, 4.69) is 10.3 Å². The van der Waals surface area contributed by atoms with E-state index in [1.165, 1.54) is 0 Å². The molecule has 0 fully saturated rings. The van der Waals surface area contributed by atoms with Crippen molar-refractivity contribution in [1.82, 2.24) is 4.98 Å². The molecule has 2 rings (SSSR count). The van der Waals surface area contributed by atoms with Crippen molar-refractivity contribution in [3.8, 4) is 11.3 Å². The summed E-state index contributed by atoms with van der Waals surface area (Å²) in [6, 6.07) is 15.5. The molecule has 1 amide bonds. The highest BCUT2D eigenvalue weighted by molar-refractivity contribution is 5.89. The lowest BCUT2D eigenvalue weighted by Gasteiger charge is -2.05. The number of carbonyl (C=O) groups excluding carboxylic acids is 1. The maximum atomic E-state index is 11.3. The molecule has 0 atom stereocenters. The second-order valence-corrected chi connectivity index (χ2v) is 3.68. The number of carbonyl (C=O) groups is 1. The quantitative estimate of drug-likeness (QED) is 0.873. The summed E-state index contributed by atoms with van der Waals surface area (Å²) in [6.45, 7) is 1.82. The van der Waals surface area contributed by atoms with E-state index in [0.29, 0.717) is 12.2 Å². The number of nitrogens with one attached hydrogen (secondary N) is 1. The third kappa shape index (κ3) is 2.91. The van der Waals surface area contributed by atoms with Crippen LogP contribution in [0.2, 0.25) is 0 Å². The van der Waals surface area contributed by atoms with Gasteiger partial charge in [-0.2, -0.15) is 0 Å². The molecule has 86 valence electrons. The van der Waals surface area contributed by atoms with E-state index in [1.54, 1.807) is 6.07 Å². The van der Waals surface area contributed by atoms with Gasteiger partial charge < -0.3 is 5.32 Å². The third-order valence-corrected chi connectivity index (χ3v) is 2.41. The average molecular weight is 226 g/mol. The predicted molar refractivity (Wildman–Crippen MR) is 68.6 cm³/mol. The summed E-state index contributed by atoms with van der Waals surface area (Å²) in [4.78, 5) is 15.7. The standard InChI is InChI=1S/C14H14N2O/c1-2-14(17)16-13-10-6-9-12(15-13)11-7-4-3-5-8-11/h3-10H,2H2,1H3,(H,15,16,17). The van der Waals surface area contributed by atoms with Crippen molar-refractivity contribution in [3.05, 3.63) is 48.5 Å². The Bertz CT molecular complexity index is 509. The van der Waals surface area contributed by atoms with Crippen LogP contribution in [0.15, 0.2) is 48.5 Å². The molecular formula is C14H14N2O. The smallest absolute Gasteiger partial charge is 0.225 e. The first-order valence-corrected chi connectivity index (χ1v) is 5.62. The summed E-state index contributed by atoms with van der Waals surface area (Å²) < 4.78 is 0. The SMILES string of the molecule is CCC(=O)Nc1cccc(-c2ccccc2)n1. The first-order valence-electron chi connectivity index (χ1n) is 5.62. The van der Waals surface area contributed by atoms with Crippen LogP contribution in [0.25, 0.3) is 11.3 Å². The van der Waals surface area contributed by atoms with E-state index >= 15 is 0 Å². The number of aromatic nitrogens is 1. The third-order valence-electron chi connectivity index (χ3n) is 2.41. The summed E-state index contributed by atoms with van der Waals surface area (Å²) in [7, 11) is 0. The van der Waals surface area contributed by atoms with E-state index in [1.807, 2.05) is 49.4 Å². The fraction of sp³-hybridized carbons (Fsp3) is 0.143. The molecule has 1 aromatic carbocycles. The van der Waals surface area contributed by atoms with Gasteiger partial charge in [0.05, 0.1) is 5.69 Å². The fourth-order valence-corrected chi connectivity index (χ4v) is 1.51. The molecule has 3 nitrogen and oxygen atoms in total. The summed E-state index contributed by atoms with van der Waals surface area (Å²) in [6.07, 6.45) is 0.456. The lowest BCUT2D eigenvalue weighted by molar-refractivity contribution is -0.115. The molecule has 0 aliphatic heterocycles. The van der Waals surface area contributed by atoms with Gasteiger partial charge in [-0.25, -0.2) is 4.98 Å². The van der Waals surface area contributed by atoms with Gasteiger partial charge in [0.1, 0.15) is 5.82 Å². The summed E-state index contributed by atoms with van der Waals surface area (Å²) in [5.41, 5.74) is 1.90. The summed E-state index contributed by atoms with van der Waals surface area (Å²) in [5, 5.41) is 2.75. The van der Waals surface area contributed by atoms with Crippen molar-refractivity contribution in [2.75, 3.05) is 5.32 Å². The Morgan fingerprint density at radius 1 is 1.12 bits per heavy atom. The van der Waals surface area contributed by atoms with Crippen molar-refractivity contribution in [3.63, 3.8) is 0 Å². The molecule has 1 aromatic heterocycles. The van der Waals surface area contributed by atoms with Crippen LogP contribution in [0.3, 0.4) is 0 Å². The monoisotopic (exact) mass is 226 g/mol. The highest BCUT2D eigenvalue weighted by atomic mass is 16.1. The van der Waals surface area contributed by atoms with Gasteiger partial charge in [-0.1, -0.05) is 43.3 Å². The molecule has 3 heteroatoms. The number of amides is 1. The Balaban J connectivity index is 2.26. The van der Waals surface area contributed by atoms with Gasteiger partial charge in [-0.05, 0) is 12.1 Å². The molecule has 0 bridgehead atoms. The number of nitrogens with zero attached hydrogens (tertiary/aromatic N) is 1. The first kappa shape index (κ1) is 11.3. The molecule has 2 aromatic rings. The molecule has 1 N–H and O–H groups in total. The zero-order chi connectivity index (χ0) is 12.1. The van der Waals surface area contributed by atoms with Crippen LogP contribution in [-0.4, -0.2) is 10.9 Å². The van der Waals surface area contributed by atoms with Gasteiger partial charge in [0.15, 0.2) is 0 Å². The van der Waals surface area contributed by atoms with Crippen molar-refractivity contribution < 1.29 is 4.79 Å². The van der Waals surface area contributed by atoms with Crippen LogP contribution < -0.4 is 5.32 Å². The predicted octanol–water partition coefficient (Wildman–Crippen LogP) is 3.10. The fourth-order valence-electron chi connectivity index (χ4n) is 1.51. The number of pyridine rings is 1. The van der Waals surface area contributed by atoms with Crippen LogP contribution in [0.1, 0.15) is 13.3 Å². The zero-order valence-corrected chi connectivity index (χ0v) is 9.68. The number of benzene rings is 1. The number of hydrogen-bond acceptors (Lipinski definition) is 2. The van der Waals surface area contributed by atoms with Gasteiger partial charge in [0, 0.05) is 12.0 Å². The second kappa shape index (κ2) is 5.25. The summed E-state index contributed by atoms with van der Waals surface area (Å²) in [5.74, 6) is 0.570. The zero-order valence-electron chi connectivity index (χ0n) is 9.68. The van der Waals surface area contributed by atoms with E-state index < -0.39 is 0 Å². The van der Waals surface area contributed by atoms with Crippen LogP contribution >= 0.6 is 0 Å². The molecule has 1 heterocycles. The minimum absolute atomic E-state index is 0.0253. The molecule has 0 aliphatic carbocycles. The number of hydrogen-bond donors (Lipinski definition) is 1. The molecule has 0 saturated carbocycles.